The van der Waals surface area contributed by atoms with Gasteiger partial charge in [0.1, 0.15) is 10.8 Å². The molecule has 0 saturated heterocycles. The number of amides is 1. The summed E-state index contributed by atoms with van der Waals surface area (Å²) >= 11 is 6.02. The predicted octanol–water partition coefficient (Wildman–Crippen LogP) is 3.57. The number of anilines is 1. The molecular formula is C15H11ClF3N5O. The van der Waals surface area contributed by atoms with Crippen LogP contribution in [0.4, 0.5) is 19.0 Å². The highest BCUT2D eigenvalue weighted by molar-refractivity contribution is 6.33. The van der Waals surface area contributed by atoms with Crippen molar-refractivity contribution in [1.29, 1.82) is 0 Å². The summed E-state index contributed by atoms with van der Waals surface area (Å²) < 4.78 is 39.7. The Kier molecular flexibility index (Phi) is 4.75. The standard InChI is InChI=1S/C15H11ClF3N5O/c16-11-8-23(7-9-1-3-10(17)4-2-9)22-13(11)20-14(25)12-5-6-24(21-12)15(18)19/h1-6,8,15H,7H2,(H,20,22,25). The molecule has 0 aliphatic heterocycles. The van der Waals surface area contributed by atoms with Gasteiger partial charge in [-0.15, -0.1) is 0 Å². The summed E-state index contributed by atoms with van der Waals surface area (Å²) in [7, 11) is 0. The molecule has 25 heavy (non-hydrogen) atoms. The first-order valence-electron chi connectivity index (χ1n) is 7.04. The van der Waals surface area contributed by atoms with Crippen LogP contribution in [-0.4, -0.2) is 25.5 Å². The van der Waals surface area contributed by atoms with Crippen molar-refractivity contribution in [3.8, 4) is 0 Å². The third kappa shape index (κ3) is 4.00. The Balaban J connectivity index is 1.71. The van der Waals surface area contributed by atoms with Crippen LogP contribution in [0, 0.1) is 5.82 Å². The van der Waals surface area contributed by atoms with E-state index in [0.717, 1.165) is 17.8 Å². The van der Waals surface area contributed by atoms with E-state index in [9.17, 15) is 18.0 Å². The molecular weight excluding hydrogens is 359 g/mol. The third-order valence-corrected chi connectivity index (χ3v) is 3.52. The number of alkyl halides is 2. The van der Waals surface area contributed by atoms with E-state index in [1.807, 2.05) is 0 Å². The maximum absolute atomic E-state index is 12.9. The van der Waals surface area contributed by atoms with E-state index in [1.165, 1.54) is 23.0 Å². The molecule has 1 amide bonds. The fourth-order valence-electron chi connectivity index (χ4n) is 2.08. The molecule has 1 N–H and O–H groups in total. The topological polar surface area (TPSA) is 64.7 Å². The first-order chi connectivity index (χ1) is 11.9. The molecule has 6 nitrogen and oxygen atoms in total. The van der Waals surface area contributed by atoms with Crippen molar-refractivity contribution in [3.05, 3.63) is 64.8 Å². The Labute approximate surface area is 144 Å². The highest BCUT2D eigenvalue weighted by Gasteiger charge is 2.16. The molecule has 0 fully saturated rings. The van der Waals surface area contributed by atoms with E-state index in [-0.39, 0.29) is 22.4 Å². The van der Waals surface area contributed by atoms with Gasteiger partial charge in [0.25, 0.3) is 5.91 Å². The van der Waals surface area contributed by atoms with Crippen molar-refractivity contribution < 1.29 is 18.0 Å². The zero-order valence-electron chi connectivity index (χ0n) is 12.5. The fraction of sp³-hybridized carbons (Fsp3) is 0.133. The van der Waals surface area contributed by atoms with Gasteiger partial charge in [0.05, 0.1) is 6.54 Å². The number of carbonyl (C=O) groups is 1. The number of nitrogens with zero attached hydrogens (tertiary/aromatic N) is 4. The number of hydrogen-bond donors (Lipinski definition) is 1. The highest BCUT2D eigenvalue weighted by atomic mass is 35.5. The average molecular weight is 370 g/mol. The van der Waals surface area contributed by atoms with Gasteiger partial charge in [0, 0.05) is 12.4 Å². The number of benzene rings is 1. The zero-order chi connectivity index (χ0) is 18.0. The molecule has 2 aromatic heterocycles. The Morgan fingerprint density at radius 1 is 1.20 bits per heavy atom. The van der Waals surface area contributed by atoms with Crippen molar-refractivity contribution in [2.24, 2.45) is 0 Å². The van der Waals surface area contributed by atoms with Gasteiger partial charge >= 0.3 is 6.55 Å². The van der Waals surface area contributed by atoms with E-state index in [2.05, 4.69) is 15.5 Å². The summed E-state index contributed by atoms with van der Waals surface area (Å²) in [5.41, 5.74) is 0.596. The quantitative estimate of drug-likeness (QED) is 0.747. The Hall–Kier alpha value is -2.81. The molecule has 1 aromatic carbocycles. The fourth-order valence-corrected chi connectivity index (χ4v) is 2.28. The van der Waals surface area contributed by atoms with E-state index in [4.69, 9.17) is 11.6 Å². The monoisotopic (exact) mass is 369 g/mol. The summed E-state index contributed by atoms with van der Waals surface area (Å²) in [6, 6.07) is 7.00. The van der Waals surface area contributed by atoms with Gasteiger partial charge in [-0.2, -0.15) is 19.0 Å². The van der Waals surface area contributed by atoms with Crippen LogP contribution in [-0.2, 0) is 6.54 Å². The third-order valence-electron chi connectivity index (χ3n) is 3.25. The van der Waals surface area contributed by atoms with Crippen LogP contribution >= 0.6 is 11.6 Å². The molecule has 0 unspecified atom stereocenters. The smallest absolute Gasteiger partial charge is 0.302 e. The summed E-state index contributed by atoms with van der Waals surface area (Å²) in [4.78, 5) is 12.0. The first kappa shape index (κ1) is 17.0. The van der Waals surface area contributed by atoms with Crippen LogP contribution in [0.25, 0.3) is 0 Å². The van der Waals surface area contributed by atoms with E-state index in [0.29, 0.717) is 11.2 Å². The van der Waals surface area contributed by atoms with Gasteiger partial charge in [-0.1, -0.05) is 23.7 Å². The number of carbonyl (C=O) groups excluding carboxylic acids is 1. The first-order valence-corrected chi connectivity index (χ1v) is 7.42. The molecule has 0 aliphatic carbocycles. The second-order valence-corrected chi connectivity index (χ2v) is 5.47. The minimum atomic E-state index is -2.83. The summed E-state index contributed by atoms with van der Waals surface area (Å²) in [6.45, 7) is -2.52. The highest BCUT2D eigenvalue weighted by Crippen LogP contribution is 2.21. The lowest BCUT2D eigenvalue weighted by Crippen LogP contribution is -2.14. The maximum Gasteiger partial charge on any atom is 0.333 e. The zero-order valence-corrected chi connectivity index (χ0v) is 13.3. The molecule has 0 saturated carbocycles. The van der Waals surface area contributed by atoms with Gasteiger partial charge < -0.3 is 5.32 Å². The van der Waals surface area contributed by atoms with Crippen LogP contribution in [0.3, 0.4) is 0 Å². The predicted molar refractivity (Wildman–Crippen MR) is 84.2 cm³/mol. The normalized spacial score (nSPS) is 11.1. The SMILES string of the molecule is O=C(Nc1nn(Cc2ccc(F)cc2)cc1Cl)c1ccn(C(F)F)n1. The van der Waals surface area contributed by atoms with Crippen molar-refractivity contribution in [3.63, 3.8) is 0 Å². The second kappa shape index (κ2) is 6.98. The summed E-state index contributed by atoms with van der Waals surface area (Å²) in [5.74, 6) is -0.993. The molecule has 0 atom stereocenters. The van der Waals surface area contributed by atoms with Crippen molar-refractivity contribution in [2.45, 2.75) is 13.1 Å². The second-order valence-electron chi connectivity index (χ2n) is 5.06. The van der Waals surface area contributed by atoms with Crippen LogP contribution in [0.2, 0.25) is 5.02 Å². The van der Waals surface area contributed by atoms with Crippen LogP contribution in [0.1, 0.15) is 22.6 Å². The molecule has 130 valence electrons. The minimum absolute atomic E-state index is 0.0698. The van der Waals surface area contributed by atoms with Gasteiger partial charge in [-0.05, 0) is 23.8 Å². The number of halogens is 4. The van der Waals surface area contributed by atoms with E-state index in [1.54, 1.807) is 12.1 Å². The van der Waals surface area contributed by atoms with Crippen LogP contribution < -0.4 is 5.32 Å². The van der Waals surface area contributed by atoms with E-state index >= 15 is 0 Å². The van der Waals surface area contributed by atoms with Crippen LogP contribution in [0.5, 0.6) is 0 Å². The van der Waals surface area contributed by atoms with Crippen molar-refractivity contribution >= 4 is 23.3 Å². The van der Waals surface area contributed by atoms with Gasteiger partial charge in [0.2, 0.25) is 0 Å². The molecule has 0 bridgehead atoms. The summed E-state index contributed by atoms with van der Waals surface area (Å²) in [5, 5.41) is 10.2. The Morgan fingerprint density at radius 2 is 1.92 bits per heavy atom. The summed E-state index contributed by atoms with van der Waals surface area (Å²) in [6.07, 6.45) is 2.48. The Morgan fingerprint density at radius 3 is 2.56 bits per heavy atom. The largest absolute Gasteiger partial charge is 0.333 e. The van der Waals surface area contributed by atoms with Crippen molar-refractivity contribution in [2.75, 3.05) is 5.32 Å². The molecule has 3 rings (SSSR count). The lowest BCUT2D eigenvalue weighted by Gasteiger charge is -2.02. The van der Waals surface area contributed by atoms with Gasteiger partial charge in [-0.3, -0.25) is 9.48 Å². The van der Waals surface area contributed by atoms with E-state index < -0.39 is 12.5 Å². The van der Waals surface area contributed by atoms with Crippen LogP contribution in [0.15, 0.2) is 42.7 Å². The van der Waals surface area contributed by atoms with Gasteiger partial charge in [-0.25, -0.2) is 9.07 Å². The maximum atomic E-state index is 12.9. The lowest BCUT2D eigenvalue weighted by atomic mass is 10.2. The molecule has 3 aromatic rings. The number of aromatic nitrogens is 4. The molecule has 0 aliphatic rings. The molecule has 0 spiro atoms. The lowest BCUT2D eigenvalue weighted by molar-refractivity contribution is 0.0561. The van der Waals surface area contributed by atoms with Crippen molar-refractivity contribution in [1.82, 2.24) is 19.6 Å². The Bertz CT molecular complexity index is 891. The number of rotatable bonds is 5. The van der Waals surface area contributed by atoms with Gasteiger partial charge in [0.15, 0.2) is 11.5 Å². The number of nitrogens with one attached hydrogen (secondary N) is 1. The molecule has 0 radical (unpaired) electrons. The molecule has 2 heterocycles. The average Bonchev–Trinajstić information content (AvgIpc) is 3.17. The number of hydrogen-bond acceptors (Lipinski definition) is 3. The minimum Gasteiger partial charge on any atom is -0.302 e. The molecule has 10 heteroatoms.